The van der Waals surface area contributed by atoms with E-state index in [1.165, 1.54) is 0 Å². The lowest BCUT2D eigenvalue weighted by Gasteiger charge is -2.12. The van der Waals surface area contributed by atoms with Gasteiger partial charge in [0.25, 0.3) is 0 Å². The predicted octanol–water partition coefficient (Wildman–Crippen LogP) is 3.91. The van der Waals surface area contributed by atoms with E-state index in [1.54, 1.807) is 7.11 Å². The first-order valence-corrected chi connectivity index (χ1v) is 5.82. The van der Waals surface area contributed by atoms with Crippen molar-refractivity contribution in [3.63, 3.8) is 0 Å². The van der Waals surface area contributed by atoms with Crippen molar-refractivity contribution in [2.45, 2.75) is 6.92 Å². The maximum Gasteiger partial charge on any atom is 0.106 e. The molecule has 0 aromatic heterocycles. The predicted molar refractivity (Wildman–Crippen MR) is 75.6 cm³/mol. The third-order valence-electron chi connectivity index (χ3n) is 2.83. The van der Waals surface area contributed by atoms with Gasteiger partial charge in [0.2, 0.25) is 0 Å². The van der Waals surface area contributed by atoms with Gasteiger partial charge < -0.3 is 4.84 Å². The minimum atomic E-state index is 0.835. The van der Waals surface area contributed by atoms with Crippen LogP contribution in [0.3, 0.4) is 0 Å². The van der Waals surface area contributed by atoms with Crippen LogP contribution in [0.5, 0.6) is 0 Å². The first-order valence-electron chi connectivity index (χ1n) is 5.82. The Morgan fingerprint density at radius 3 is 2.44 bits per heavy atom. The Balaban J connectivity index is 2.62. The molecule has 0 aliphatic rings. The molecular weight excluding hydrogens is 222 g/mol. The van der Waals surface area contributed by atoms with Crippen molar-refractivity contribution in [2.24, 2.45) is 5.16 Å². The maximum absolute atomic E-state index is 4.86. The van der Waals surface area contributed by atoms with E-state index in [-0.39, 0.29) is 0 Å². The molecule has 0 N–H and O–H groups in total. The second kappa shape index (κ2) is 5.50. The highest BCUT2D eigenvalue weighted by Gasteiger charge is 2.10. The molecule has 2 aromatic rings. The lowest BCUT2D eigenvalue weighted by atomic mass is 9.93. The van der Waals surface area contributed by atoms with E-state index in [1.807, 2.05) is 37.3 Å². The summed E-state index contributed by atoms with van der Waals surface area (Å²) in [5, 5.41) is 4.02. The molecule has 0 bridgehead atoms. The van der Waals surface area contributed by atoms with Gasteiger partial charge in [-0.2, -0.15) is 0 Å². The molecule has 0 saturated heterocycles. The smallest absolute Gasteiger partial charge is 0.106 e. The number of benzene rings is 2. The first-order chi connectivity index (χ1) is 8.74. The minimum Gasteiger partial charge on any atom is -0.399 e. The lowest BCUT2D eigenvalue weighted by Crippen LogP contribution is -2.02. The van der Waals surface area contributed by atoms with Crippen LogP contribution in [0, 0.1) is 6.92 Å². The Labute approximate surface area is 108 Å². The highest BCUT2D eigenvalue weighted by molar-refractivity contribution is 6.05. The SMILES string of the molecule is [CH2]c1cccc(-c2ccccc2)c1C(C)=NOC. The van der Waals surface area contributed by atoms with Crippen molar-refractivity contribution in [1.29, 1.82) is 0 Å². The maximum atomic E-state index is 4.86. The van der Waals surface area contributed by atoms with Crippen LogP contribution in [0.1, 0.15) is 18.1 Å². The van der Waals surface area contributed by atoms with E-state index in [0.29, 0.717) is 0 Å². The fraction of sp³-hybridized carbons (Fsp3) is 0.125. The van der Waals surface area contributed by atoms with Crippen molar-refractivity contribution in [1.82, 2.24) is 0 Å². The highest BCUT2D eigenvalue weighted by atomic mass is 16.6. The summed E-state index contributed by atoms with van der Waals surface area (Å²) in [5.41, 5.74) is 5.10. The number of hydrogen-bond donors (Lipinski definition) is 0. The molecule has 0 heterocycles. The molecular formula is C16H16NO. The van der Waals surface area contributed by atoms with Crippen molar-refractivity contribution in [2.75, 3.05) is 7.11 Å². The van der Waals surface area contributed by atoms with Gasteiger partial charge in [-0.25, -0.2) is 0 Å². The van der Waals surface area contributed by atoms with Gasteiger partial charge in [0.05, 0.1) is 5.71 Å². The standard InChI is InChI=1S/C16H16NO/c1-12-8-7-11-15(14-9-5-4-6-10-14)16(12)13(2)17-18-3/h4-11H,1H2,2-3H3. The molecule has 0 fully saturated rings. The molecule has 0 atom stereocenters. The summed E-state index contributed by atoms with van der Waals surface area (Å²) in [7, 11) is 1.55. The van der Waals surface area contributed by atoms with Gasteiger partial charge in [-0.1, -0.05) is 53.7 Å². The van der Waals surface area contributed by atoms with Crippen molar-refractivity contribution < 1.29 is 4.84 Å². The van der Waals surface area contributed by atoms with E-state index in [4.69, 9.17) is 4.84 Å². The molecule has 2 nitrogen and oxygen atoms in total. The quantitative estimate of drug-likeness (QED) is 0.587. The van der Waals surface area contributed by atoms with Gasteiger partial charge in [-0.05, 0) is 30.5 Å². The van der Waals surface area contributed by atoms with Gasteiger partial charge >= 0.3 is 0 Å². The summed E-state index contributed by atoms with van der Waals surface area (Å²) < 4.78 is 0. The van der Waals surface area contributed by atoms with Crippen LogP contribution in [0.15, 0.2) is 53.7 Å². The summed E-state index contributed by atoms with van der Waals surface area (Å²) in [6, 6.07) is 16.3. The first kappa shape index (κ1) is 12.4. The number of oxime groups is 1. The zero-order valence-corrected chi connectivity index (χ0v) is 10.7. The van der Waals surface area contributed by atoms with Crippen LogP contribution in [0.2, 0.25) is 0 Å². The molecule has 0 spiro atoms. The highest BCUT2D eigenvalue weighted by Crippen LogP contribution is 2.26. The fourth-order valence-electron chi connectivity index (χ4n) is 2.07. The Morgan fingerprint density at radius 2 is 1.78 bits per heavy atom. The second-order valence-electron chi connectivity index (χ2n) is 4.06. The topological polar surface area (TPSA) is 21.6 Å². The zero-order chi connectivity index (χ0) is 13.0. The van der Waals surface area contributed by atoms with Gasteiger partial charge in [0.15, 0.2) is 0 Å². The number of nitrogens with zero attached hydrogens (tertiary/aromatic N) is 1. The Morgan fingerprint density at radius 1 is 1.06 bits per heavy atom. The van der Waals surface area contributed by atoms with E-state index in [0.717, 1.165) is 28.0 Å². The summed E-state index contributed by atoms with van der Waals surface area (Å²) in [4.78, 5) is 4.86. The summed E-state index contributed by atoms with van der Waals surface area (Å²) in [6.45, 7) is 6.00. The van der Waals surface area contributed by atoms with Crippen LogP contribution in [0.25, 0.3) is 11.1 Å². The van der Waals surface area contributed by atoms with E-state index >= 15 is 0 Å². The van der Waals surface area contributed by atoms with Gasteiger partial charge in [-0.15, -0.1) is 0 Å². The third kappa shape index (κ3) is 2.43. The molecule has 18 heavy (non-hydrogen) atoms. The summed E-state index contributed by atoms with van der Waals surface area (Å²) in [5.74, 6) is 0. The zero-order valence-electron chi connectivity index (χ0n) is 10.7. The van der Waals surface area contributed by atoms with E-state index in [2.05, 4.69) is 30.3 Å². The minimum absolute atomic E-state index is 0.835. The van der Waals surface area contributed by atoms with E-state index in [9.17, 15) is 0 Å². The molecule has 2 rings (SSSR count). The Bertz CT molecular complexity index is 559. The van der Waals surface area contributed by atoms with E-state index < -0.39 is 0 Å². The molecule has 0 aliphatic carbocycles. The largest absolute Gasteiger partial charge is 0.399 e. The van der Waals surface area contributed by atoms with Gasteiger partial charge in [0, 0.05) is 5.56 Å². The summed E-state index contributed by atoms with van der Waals surface area (Å²) in [6.07, 6.45) is 0. The van der Waals surface area contributed by atoms with Gasteiger partial charge in [0.1, 0.15) is 7.11 Å². The molecule has 0 saturated carbocycles. The monoisotopic (exact) mass is 238 g/mol. The van der Waals surface area contributed by atoms with Crippen molar-refractivity contribution >= 4 is 5.71 Å². The lowest BCUT2D eigenvalue weighted by molar-refractivity contribution is 0.213. The van der Waals surface area contributed by atoms with Crippen LogP contribution in [0.4, 0.5) is 0 Å². The average molecular weight is 238 g/mol. The number of rotatable bonds is 3. The molecule has 1 radical (unpaired) electrons. The second-order valence-corrected chi connectivity index (χ2v) is 4.06. The van der Waals surface area contributed by atoms with Crippen molar-refractivity contribution in [3.8, 4) is 11.1 Å². The van der Waals surface area contributed by atoms with Crippen LogP contribution in [-0.2, 0) is 4.84 Å². The van der Waals surface area contributed by atoms with Crippen LogP contribution in [-0.4, -0.2) is 12.8 Å². The van der Waals surface area contributed by atoms with Crippen LogP contribution < -0.4 is 0 Å². The third-order valence-corrected chi connectivity index (χ3v) is 2.83. The van der Waals surface area contributed by atoms with Gasteiger partial charge in [-0.3, -0.25) is 0 Å². The molecule has 2 aromatic carbocycles. The summed E-state index contributed by atoms with van der Waals surface area (Å²) >= 11 is 0. The Kier molecular flexibility index (Phi) is 3.78. The molecule has 0 amide bonds. The van der Waals surface area contributed by atoms with Crippen LogP contribution >= 0.6 is 0 Å². The molecule has 2 heteroatoms. The molecule has 91 valence electrons. The Hall–Kier alpha value is -2.09. The normalized spacial score (nSPS) is 11.4. The fourth-order valence-corrected chi connectivity index (χ4v) is 2.07. The molecule has 0 unspecified atom stereocenters. The number of hydrogen-bond acceptors (Lipinski definition) is 2. The van der Waals surface area contributed by atoms with Crippen molar-refractivity contribution in [3.05, 3.63) is 66.6 Å². The average Bonchev–Trinajstić information content (AvgIpc) is 2.39. The molecule has 0 aliphatic heterocycles.